The van der Waals surface area contributed by atoms with Crippen LogP contribution in [0, 0.1) is 19.8 Å². The van der Waals surface area contributed by atoms with E-state index in [0.717, 1.165) is 63.2 Å². The minimum atomic E-state index is 0.102. The van der Waals surface area contributed by atoms with Gasteiger partial charge in [0, 0.05) is 49.3 Å². The molecule has 0 bridgehead atoms. The number of aromatic nitrogens is 4. The van der Waals surface area contributed by atoms with Crippen LogP contribution in [0.4, 0.5) is 5.69 Å². The van der Waals surface area contributed by atoms with Crippen molar-refractivity contribution >= 4 is 44.7 Å². The molecule has 6 nitrogen and oxygen atoms in total. The van der Waals surface area contributed by atoms with Crippen LogP contribution in [-0.2, 0) is 4.79 Å². The van der Waals surface area contributed by atoms with E-state index in [1.807, 2.05) is 29.7 Å². The maximum atomic E-state index is 12.8. The van der Waals surface area contributed by atoms with Gasteiger partial charge >= 0.3 is 0 Å². The van der Waals surface area contributed by atoms with E-state index < -0.39 is 0 Å². The number of pyridine rings is 1. The van der Waals surface area contributed by atoms with Gasteiger partial charge in [0.15, 0.2) is 0 Å². The van der Waals surface area contributed by atoms with Gasteiger partial charge in [0.1, 0.15) is 5.69 Å². The Kier molecular flexibility index (Phi) is 6.67. The van der Waals surface area contributed by atoms with Gasteiger partial charge in [-0.1, -0.05) is 31.4 Å². The number of nitrogens with zero attached hydrogens (tertiary/aromatic N) is 2. The fourth-order valence-electron chi connectivity index (χ4n) is 6.23. The summed E-state index contributed by atoms with van der Waals surface area (Å²) in [6, 6.07) is 21.2. The summed E-state index contributed by atoms with van der Waals surface area (Å²) < 4.78 is 0. The number of H-pyrrole nitrogens is 2. The molecule has 1 aliphatic carbocycles. The van der Waals surface area contributed by atoms with Crippen LogP contribution >= 0.6 is 11.3 Å². The third-order valence-corrected chi connectivity index (χ3v) is 9.26. The van der Waals surface area contributed by atoms with Crippen molar-refractivity contribution in [2.45, 2.75) is 52.4 Å². The van der Waals surface area contributed by atoms with E-state index in [9.17, 15) is 4.79 Å². The molecule has 1 amide bonds. The average molecular weight is 560 g/mol. The average Bonchev–Trinajstić information content (AvgIpc) is 3.70. The van der Waals surface area contributed by atoms with Gasteiger partial charge in [-0.05, 0) is 86.7 Å². The Bertz CT molecular complexity index is 1890. The number of carbonyl (C=O) groups excluding carboxylic acids is 1. The van der Waals surface area contributed by atoms with Gasteiger partial charge in [-0.2, -0.15) is 5.10 Å². The number of hydrogen-bond donors (Lipinski definition) is 3. The van der Waals surface area contributed by atoms with E-state index >= 15 is 0 Å². The Morgan fingerprint density at radius 3 is 2.68 bits per heavy atom. The van der Waals surface area contributed by atoms with Crippen LogP contribution in [0.5, 0.6) is 0 Å². The SMILES string of the molecule is Cc1cc(NC(=O)CC2CCCCC2)cc(-c2cc3c(-c4cc5c(-c6ccc(C)s6)cccc5[nH]4)n[nH]c3cn2)c1. The van der Waals surface area contributed by atoms with Crippen LogP contribution in [-0.4, -0.2) is 26.1 Å². The van der Waals surface area contributed by atoms with Gasteiger partial charge in [0.05, 0.1) is 23.1 Å². The zero-order valence-corrected chi connectivity index (χ0v) is 24.2. The fraction of sp³-hybridized carbons (Fsp3) is 0.265. The monoisotopic (exact) mass is 559 g/mol. The Balaban J connectivity index is 1.21. The summed E-state index contributed by atoms with van der Waals surface area (Å²) >= 11 is 1.81. The molecule has 1 saturated carbocycles. The Morgan fingerprint density at radius 1 is 0.976 bits per heavy atom. The Hall–Kier alpha value is -4.23. The summed E-state index contributed by atoms with van der Waals surface area (Å²) in [5, 5.41) is 13.2. The topological polar surface area (TPSA) is 86.5 Å². The Morgan fingerprint density at radius 2 is 1.85 bits per heavy atom. The molecule has 4 heterocycles. The van der Waals surface area contributed by atoms with Crippen molar-refractivity contribution in [2.75, 3.05) is 5.32 Å². The molecule has 0 aliphatic heterocycles. The summed E-state index contributed by atoms with van der Waals surface area (Å²) in [5.74, 6) is 0.608. The summed E-state index contributed by atoms with van der Waals surface area (Å²) in [4.78, 5) is 23.7. The predicted molar refractivity (Wildman–Crippen MR) is 169 cm³/mol. The highest BCUT2D eigenvalue weighted by Gasteiger charge is 2.18. The van der Waals surface area contributed by atoms with Gasteiger partial charge in [0.2, 0.25) is 5.91 Å². The molecule has 1 fully saturated rings. The number of aryl methyl sites for hydroxylation is 2. The van der Waals surface area contributed by atoms with Gasteiger partial charge in [-0.25, -0.2) is 0 Å². The van der Waals surface area contributed by atoms with E-state index in [-0.39, 0.29) is 5.91 Å². The first-order valence-corrected chi connectivity index (χ1v) is 15.3. The lowest BCUT2D eigenvalue weighted by atomic mass is 9.87. The third-order valence-electron chi connectivity index (χ3n) is 8.23. The van der Waals surface area contributed by atoms with Gasteiger partial charge in [-0.3, -0.25) is 14.9 Å². The van der Waals surface area contributed by atoms with Crippen LogP contribution in [0.2, 0.25) is 0 Å². The van der Waals surface area contributed by atoms with E-state index in [1.54, 1.807) is 0 Å². The summed E-state index contributed by atoms with van der Waals surface area (Å²) in [7, 11) is 0. The molecule has 2 aromatic carbocycles. The summed E-state index contributed by atoms with van der Waals surface area (Å²) in [5.41, 5.74) is 8.73. The van der Waals surface area contributed by atoms with E-state index in [0.29, 0.717) is 12.3 Å². The van der Waals surface area contributed by atoms with Crippen molar-refractivity contribution < 1.29 is 4.79 Å². The highest BCUT2D eigenvalue weighted by molar-refractivity contribution is 7.15. The first kappa shape index (κ1) is 25.7. The standard InChI is InChI=1S/C34H33N5OS/c1-20-13-23(16-24(14-20)36-33(40)15-22-7-4-3-5-8-22)29-18-27-31(19-35-29)38-39-34(27)30-17-26-25(9-6-10-28(26)37-30)32-12-11-21(2)41-32/h6,9-14,16-19,22,37H,3-5,7-8,15H2,1-2H3,(H,36,40)(H,38,39). The van der Waals surface area contributed by atoms with Crippen LogP contribution < -0.4 is 5.32 Å². The quantitative estimate of drug-likeness (QED) is 0.190. The van der Waals surface area contributed by atoms with Gasteiger partial charge in [0.25, 0.3) is 0 Å². The molecule has 0 radical (unpaired) electrons. The van der Waals surface area contributed by atoms with Crippen molar-refractivity contribution in [3.63, 3.8) is 0 Å². The van der Waals surface area contributed by atoms with E-state index in [4.69, 9.17) is 4.98 Å². The molecule has 41 heavy (non-hydrogen) atoms. The maximum Gasteiger partial charge on any atom is 0.224 e. The third kappa shape index (κ3) is 5.18. The lowest BCUT2D eigenvalue weighted by Gasteiger charge is -2.21. The van der Waals surface area contributed by atoms with Crippen LogP contribution in [0.15, 0.2) is 66.9 Å². The largest absolute Gasteiger partial charge is 0.353 e. The minimum absolute atomic E-state index is 0.102. The number of hydrogen-bond acceptors (Lipinski definition) is 4. The lowest BCUT2D eigenvalue weighted by molar-refractivity contribution is -0.117. The maximum absolute atomic E-state index is 12.8. The highest BCUT2D eigenvalue weighted by atomic mass is 32.1. The molecule has 1 aliphatic rings. The normalized spacial score (nSPS) is 14.2. The number of nitrogens with one attached hydrogen (secondary N) is 3. The van der Waals surface area contributed by atoms with Crippen LogP contribution in [0.1, 0.15) is 49.0 Å². The second kappa shape index (κ2) is 10.6. The summed E-state index contributed by atoms with van der Waals surface area (Å²) in [6.45, 7) is 4.19. The van der Waals surface area contributed by atoms with Gasteiger partial charge in [-0.15, -0.1) is 11.3 Å². The first-order valence-electron chi connectivity index (χ1n) is 14.4. The fourth-order valence-corrected chi connectivity index (χ4v) is 7.13. The second-order valence-corrected chi connectivity index (χ2v) is 12.7. The molecule has 6 aromatic rings. The minimum Gasteiger partial charge on any atom is -0.353 e. The zero-order chi connectivity index (χ0) is 27.9. The molecule has 0 spiro atoms. The lowest BCUT2D eigenvalue weighted by Crippen LogP contribution is -2.18. The molecular formula is C34H33N5OS. The number of fused-ring (bicyclic) bond motifs is 2. The number of amides is 1. The van der Waals surface area contributed by atoms with Crippen molar-refractivity contribution in [3.05, 3.63) is 77.3 Å². The number of aromatic amines is 2. The molecule has 0 unspecified atom stereocenters. The molecular weight excluding hydrogens is 526 g/mol. The van der Waals surface area contributed by atoms with Crippen LogP contribution in [0.25, 0.3) is 54.9 Å². The number of benzene rings is 2. The molecule has 7 rings (SSSR count). The van der Waals surface area contributed by atoms with Crippen molar-refractivity contribution in [1.29, 1.82) is 0 Å². The van der Waals surface area contributed by atoms with Crippen molar-refractivity contribution in [3.8, 4) is 33.1 Å². The molecule has 206 valence electrons. The zero-order valence-electron chi connectivity index (χ0n) is 23.4. The van der Waals surface area contributed by atoms with E-state index in [1.165, 1.54) is 40.0 Å². The number of rotatable bonds is 6. The first-order chi connectivity index (χ1) is 20.0. The Labute approximate surface area is 243 Å². The molecule has 4 aromatic heterocycles. The number of carbonyl (C=O) groups is 1. The van der Waals surface area contributed by atoms with Crippen LogP contribution in [0.3, 0.4) is 0 Å². The molecule has 3 N–H and O–H groups in total. The molecule has 7 heteroatoms. The smallest absolute Gasteiger partial charge is 0.224 e. The second-order valence-electron chi connectivity index (χ2n) is 11.4. The molecule has 0 saturated heterocycles. The summed E-state index contributed by atoms with van der Waals surface area (Å²) in [6.07, 6.45) is 8.54. The molecule has 0 atom stereocenters. The van der Waals surface area contributed by atoms with Crippen molar-refractivity contribution in [2.24, 2.45) is 5.92 Å². The number of anilines is 1. The predicted octanol–water partition coefficient (Wildman–Crippen LogP) is 9.03. The highest BCUT2D eigenvalue weighted by Crippen LogP contribution is 2.37. The van der Waals surface area contributed by atoms with E-state index in [2.05, 4.69) is 82.9 Å². The van der Waals surface area contributed by atoms with Crippen molar-refractivity contribution in [1.82, 2.24) is 20.2 Å². The van der Waals surface area contributed by atoms with Gasteiger partial charge < -0.3 is 10.3 Å². The number of thiophene rings is 1.